The smallest absolute Gasteiger partial charge is 0.170 e. The molecule has 0 saturated heterocycles. The number of halogens is 2. The molecule has 1 aliphatic carbocycles. The van der Waals surface area contributed by atoms with Gasteiger partial charge in [-0.05, 0) is 18.4 Å². The molecule has 2 rings (SSSR count). The highest BCUT2D eigenvalue weighted by atomic mass is 19.1. The first-order valence-corrected chi connectivity index (χ1v) is 4.45. The number of methoxy groups -OCH3 is 1. The van der Waals surface area contributed by atoms with Crippen LogP contribution in [0, 0.1) is 11.6 Å². The van der Waals surface area contributed by atoms with Gasteiger partial charge in [0, 0.05) is 17.7 Å². The largest absolute Gasteiger partial charge is 0.494 e. The fourth-order valence-corrected chi connectivity index (χ4v) is 1.89. The molecule has 14 heavy (non-hydrogen) atoms. The van der Waals surface area contributed by atoms with E-state index in [4.69, 9.17) is 10.5 Å². The summed E-state index contributed by atoms with van der Waals surface area (Å²) < 4.78 is 31.8. The zero-order valence-electron chi connectivity index (χ0n) is 7.81. The van der Waals surface area contributed by atoms with E-state index in [1.807, 2.05) is 0 Å². The zero-order chi connectivity index (χ0) is 10.3. The van der Waals surface area contributed by atoms with Gasteiger partial charge in [-0.25, -0.2) is 8.78 Å². The van der Waals surface area contributed by atoms with Crippen LogP contribution in [-0.2, 0) is 6.42 Å². The van der Waals surface area contributed by atoms with Crippen LogP contribution < -0.4 is 10.5 Å². The van der Waals surface area contributed by atoms with Crippen molar-refractivity contribution in [2.45, 2.75) is 18.9 Å². The number of hydrogen-bond acceptors (Lipinski definition) is 2. The Morgan fingerprint density at radius 2 is 2.21 bits per heavy atom. The Hall–Kier alpha value is -1.16. The molecule has 0 radical (unpaired) electrons. The quantitative estimate of drug-likeness (QED) is 0.749. The van der Waals surface area contributed by atoms with Gasteiger partial charge in [-0.15, -0.1) is 0 Å². The molecule has 2 nitrogen and oxygen atoms in total. The Balaban J connectivity index is 2.65. The number of benzene rings is 1. The van der Waals surface area contributed by atoms with Gasteiger partial charge in [0.25, 0.3) is 0 Å². The molecule has 1 unspecified atom stereocenters. The highest BCUT2D eigenvalue weighted by Crippen LogP contribution is 2.37. The standard InChI is InChI=1S/C10H11F2NO/c1-14-8-4-6(11)5-2-3-7(13)9(5)10(8)12/h4,7H,2-3,13H2,1H3. The van der Waals surface area contributed by atoms with Crippen LogP contribution in [0.5, 0.6) is 5.75 Å². The Bertz CT molecular complexity index is 379. The van der Waals surface area contributed by atoms with Gasteiger partial charge in [0.2, 0.25) is 0 Å². The first kappa shape index (κ1) is 9.40. The lowest BCUT2D eigenvalue weighted by Crippen LogP contribution is -2.09. The topological polar surface area (TPSA) is 35.2 Å². The van der Waals surface area contributed by atoms with Crippen molar-refractivity contribution < 1.29 is 13.5 Å². The second-order valence-corrected chi connectivity index (χ2v) is 3.41. The van der Waals surface area contributed by atoms with Crippen molar-refractivity contribution in [2.75, 3.05) is 7.11 Å². The maximum atomic E-state index is 13.6. The number of rotatable bonds is 1. The summed E-state index contributed by atoms with van der Waals surface area (Å²) in [4.78, 5) is 0. The molecule has 0 saturated carbocycles. The third-order valence-electron chi connectivity index (χ3n) is 2.62. The van der Waals surface area contributed by atoms with Crippen LogP contribution in [0.15, 0.2) is 6.07 Å². The monoisotopic (exact) mass is 199 g/mol. The van der Waals surface area contributed by atoms with Crippen LogP contribution in [-0.4, -0.2) is 7.11 Å². The second-order valence-electron chi connectivity index (χ2n) is 3.41. The predicted octanol–water partition coefficient (Wildman–Crippen LogP) is 1.92. The summed E-state index contributed by atoms with van der Waals surface area (Å²) in [7, 11) is 1.31. The molecule has 0 aliphatic heterocycles. The van der Waals surface area contributed by atoms with Crippen LogP contribution in [0.2, 0.25) is 0 Å². The molecule has 1 aliphatic rings. The second kappa shape index (κ2) is 3.20. The third-order valence-corrected chi connectivity index (χ3v) is 2.62. The Morgan fingerprint density at radius 3 is 2.86 bits per heavy atom. The lowest BCUT2D eigenvalue weighted by Gasteiger charge is -2.10. The van der Waals surface area contributed by atoms with E-state index in [0.717, 1.165) is 6.07 Å². The van der Waals surface area contributed by atoms with Gasteiger partial charge in [0.15, 0.2) is 11.6 Å². The molecule has 2 N–H and O–H groups in total. The van der Waals surface area contributed by atoms with E-state index in [-0.39, 0.29) is 11.3 Å². The molecule has 1 atom stereocenters. The average Bonchev–Trinajstić information content (AvgIpc) is 2.54. The van der Waals surface area contributed by atoms with E-state index in [1.54, 1.807) is 0 Å². The van der Waals surface area contributed by atoms with Gasteiger partial charge >= 0.3 is 0 Å². The van der Waals surface area contributed by atoms with E-state index in [9.17, 15) is 8.78 Å². The lowest BCUT2D eigenvalue weighted by atomic mass is 10.1. The minimum absolute atomic E-state index is 0.0707. The summed E-state index contributed by atoms with van der Waals surface area (Å²) in [6.45, 7) is 0. The first-order valence-electron chi connectivity index (χ1n) is 4.45. The zero-order valence-corrected chi connectivity index (χ0v) is 7.81. The van der Waals surface area contributed by atoms with Crippen LogP contribution in [0.25, 0.3) is 0 Å². The summed E-state index contributed by atoms with van der Waals surface area (Å²) in [6.07, 6.45) is 1.10. The molecular formula is C10H11F2NO. The van der Waals surface area contributed by atoms with Gasteiger partial charge in [-0.2, -0.15) is 0 Å². The fourth-order valence-electron chi connectivity index (χ4n) is 1.89. The van der Waals surface area contributed by atoms with Crippen molar-refractivity contribution in [3.05, 3.63) is 28.8 Å². The highest BCUT2D eigenvalue weighted by molar-refractivity contribution is 5.43. The fraction of sp³-hybridized carbons (Fsp3) is 0.400. The van der Waals surface area contributed by atoms with Gasteiger partial charge in [0.1, 0.15) is 5.82 Å². The molecule has 0 aromatic heterocycles. The van der Waals surface area contributed by atoms with E-state index in [1.165, 1.54) is 7.11 Å². The van der Waals surface area contributed by atoms with Crippen molar-refractivity contribution in [1.82, 2.24) is 0 Å². The van der Waals surface area contributed by atoms with E-state index >= 15 is 0 Å². The van der Waals surface area contributed by atoms with Crippen molar-refractivity contribution >= 4 is 0 Å². The minimum atomic E-state index is -0.520. The van der Waals surface area contributed by atoms with Crippen molar-refractivity contribution in [2.24, 2.45) is 5.73 Å². The van der Waals surface area contributed by atoms with Crippen LogP contribution in [0.4, 0.5) is 8.78 Å². The Labute approximate surface area is 80.7 Å². The molecule has 0 amide bonds. The lowest BCUT2D eigenvalue weighted by molar-refractivity contribution is 0.379. The molecule has 0 bridgehead atoms. The predicted molar refractivity (Wildman–Crippen MR) is 48.2 cm³/mol. The SMILES string of the molecule is COc1cc(F)c2c(c1F)C(N)CC2. The van der Waals surface area contributed by atoms with Gasteiger partial charge in [-0.3, -0.25) is 0 Å². The summed E-state index contributed by atoms with van der Waals surface area (Å²) in [6, 6.07) is 0.668. The number of nitrogens with two attached hydrogens (primary N) is 1. The van der Waals surface area contributed by atoms with Crippen molar-refractivity contribution in [1.29, 1.82) is 0 Å². The maximum absolute atomic E-state index is 13.6. The molecular weight excluding hydrogens is 188 g/mol. The summed E-state index contributed by atoms with van der Waals surface area (Å²) >= 11 is 0. The van der Waals surface area contributed by atoms with E-state index in [0.29, 0.717) is 18.4 Å². The number of fused-ring (bicyclic) bond motifs is 1. The van der Waals surface area contributed by atoms with Crippen molar-refractivity contribution in [3.63, 3.8) is 0 Å². The minimum Gasteiger partial charge on any atom is -0.494 e. The van der Waals surface area contributed by atoms with Crippen molar-refractivity contribution in [3.8, 4) is 5.75 Å². The first-order chi connectivity index (χ1) is 6.65. The number of ether oxygens (including phenoxy) is 1. The molecule has 1 aromatic carbocycles. The Morgan fingerprint density at radius 1 is 1.50 bits per heavy atom. The Kier molecular flexibility index (Phi) is 2.15. The maximum Gasteiger partial charge on any atom is 0.170 e. The van der Waals surface area contributed by atoms with E-state index < -0.39 is 17.7 Å². The number of hydrogen-bond donors (Lipinski definition) is 1. The summed E-state index contributed by atoms with van der Waals surface area (Å²) in [5, 5.41) is 0. The molecule has 4 heteroatoms. The molecule has 0 fully saturated rings. The van der Waals surface area contributed by atoms with Crippen LogP contribution >= 0.6 is 0 Å². The molecule has 0 spiro atoms. The third kappa shape index (κ3) is 1.18. The van der Waals surface area contributed by atoms with Crippen LogP contribution in [0.3, 0.4) is 0 Å². The molecule has 76 valence electrons. The molecule has 0 heterocycles. The highest BCUT2D eigenvalue weighted by Gasteiger charge is 2.28. The summed E-state index contributed by atoms with van der Waals surface area (Å²) in [5.41, 5.74) is 6.36. The van der Waals surface area contributed by atoms with Crippen LogP contribution in [0.1, 0.15) is 23.6 Å². The van der Waals surface area contributed by atoms with Gasteiger partial charge in [-0.1, -0.05) is 0 Å². The molecule has 1 aromatic rings. The van der Waals surface area contributed by atoms with Gasteiger partial charge in [0.05, 0.1) is 7.11 Å². The van der Waals surface area contributed by atoms with E-state index in [2.05, 4.69) is 0 Å². The average molecular weight is 199 g/mol. The normalized spacial score (nSPS) is 19.6. The van der Waals surface area contributed by atoms with Gasteiger partial charge < -0.3 is 10.5 Å². The summed E-state index contributed by atoms with van der Waals surface area (Å²) in [5.74, 6) is -1.02.